The lowest BCUT2D eigenvalue weighted by Gasteiger charge is -2.33. The van der Waals surface area contributed by atoms with E-state index in [2.05, 4.69) is 39.7 Å². The summed E-state index contributed by atoms with van der Waals surface area (Å²) in [6.07, 6.45) is 0. The summed E-state index contributed by atoms with van der Waals surface area (Å²) in [5, 5.41) is 3.27. The Morgan fingerprint density at radius 2 is 2.13 bits per heavy atom. The summed E-state index contributed by atoms with van der Waals surface area (Å²) in [6.45, 7) is 7.91. The monoisotopic (exact) mass is 243 g/mol. The van der Waals surface area contributed by atoms with E-state index in [0.717, 1.165) is 49.3 Å². The van der Waals surface area contributed by atoms with Gasteiger partial charge in [-0.2, -0.15) is 12.6 Å². The van der Waals surface area contributed by atoms with Gasteiger partial charge in [0.15, 0.2) is 5.13 Å². The number of hydrogen-bond acceptors (Lipinski definition) is 5. The Hall–Kier alpha value is -0.260. The molecule has 0 amide bonds. The Kier molecular flexibility index (Phi) is 3.88. The topological polar surface area (TPSA) is 19.4 Å². The number of nitrogens with zero attached hydrogens (tertiary/aromatic N) is 3. The lowest BCUT2D eigenvalue weighted by Crippen LogP contribution is -2.46. The van der Waals surface area contributed by atoms with E-state index in [9.17, 15) is 0 Å². The third-order valence-electron chi connectivity index (χ3n) is 2.79. The zero-order valence-electron chi connectivity index (χ0n) is 9.02. The molecule has 5 heteroatoms. The van der Waals surface area contributed by atoms with Crippen LogP contribution in [-0.2, 0) is 5.75 Å². The second-order valence-electron chi connectivity index (χ2n) is 3.70. The van der Waals surface area contributed by atoms with E-state index in [-0.39, 0.29) is 0 Å². The highest BCUT2D eigenvalue weighted by Crippen LogP contribution is 2.22. The number of likely N-dealkylation sites (N-methyl/N-ethyl adjacent to an activating group) is 1. The molecule has 1 aromatic rings. The van der Waals surface area contributed by atoms with E-state index < -0.39 is 0 Å². The third-order valence-corrected chi connectivity index (χ3v) is 4.07. The van der Waals surface area contributed by atoms with Crippen LogP contribution in [0.1, 0.15) is 12.6 Å². The Balaban J connectivity index is 1.95. The van der Waals surface area contributed by atoms with Crippen molar-refractivity contribution in [2.75, 3.05) is 37.6 Å². The fourth-order valence-corrected chi connectivity index (χ4v) is 2.93. The highest BCUT2D eigenvalue weighted by atomic mass is 32.1. The zero-order valence-corrected chi connectivity index (χ0v) is 10.7. The van der Waals surface area contributed by atoms with Crippen molar-refractivity contribution in [2.24, 2.45) is 0 Å². The molecule has 0 aliphatic carbocycles. The summed E-state index contributed by atoms with van der Waals surface area (Å²) < 4.78 is 0. The summed E-state index contributed by atoms with van der Waals surface area (Å²) in [5.41, 5.74) is 1.09. The molecule has 0 saturated carbocycles. The van der Waals surface area contributed by atoms with Crippen molar-refractivity contribution >= 4 is 29.1 Å². The summed E-state index contributed by atoms with van der Waals surface area (Å²) in [5.74, 6) is 0.741. The van der Waals surface area contributed by atoms with Crippen LogP contribution >= 0.6 is 24.0 Å². The fraction of sp³-hybridized carbons (Fsp3) is 0.700. The van der Waals surface area contributed by atoms with Crippen molar-refractivity contribution in [1.82, 2.24) is 9.88 Å². The molecule has 2 rings (SSSR count). The van der Waals surface area contributed by atoms with Crippen LogP contribution in [0.2, 0.25) is 0 Å². The maximum Gasteiger partial charge on any atom is 0.185 e. The second kappa shape index (κ2) is 5.18. The number of piperazine rings is 1. The minimum Gasteiger partial charge on any atom is -0.346 e. The van der Waals surface area contributed by atoms with Crippen LogP contribution in [0, 0.1) is 0 Å². The van der Waals surface area contributed by atoms with Gasteiger partial charge in [-0.15, -0.1) is 11.3 Å². The quantitative estimate of drug-likeness (QED) is 0.816. The number of hydrogen-bond donors (Lipinski definition) is 1. The van der Waals surface area contributed by atoms with Crippen molar-refractivity contribution in [3.8, 4) is 0 Å². The van der Waals surface area contributed by atoms with E-state index in [0.29, 0.717) is 0 Å². The molecule has 1 saturated heterocycles. The van der Waals surface area contributed by atoms with Crippen LogP contribution in [0.15, 0.2) is 5.38 Å². The Morgan fingerprint density at radius 1 is 1.40 bits per heavy atom. The van der Waals surface area contributed by atoms with Gasteiger partial charge in [0.25, 0.3) is 0 Å². The number of thiol groups is 1. The first-order valence-electron chi connectivity index (χ1n) is 5.36. The maximum absolute atomic E-state index is 4.55. The minimum atomic E-state index is 0.741. The molecule has 0 atom stereocenters. The smallest absolute Gasteiger partial charge is 0.185 e. The molecular formula is C10H17N3S2. The molecular weight excluding hydrogens is 226 g/mol. The molecule has 0 bridgehead atoms. The first-order chi connectivity index (χ1) is 7.33. The third kappa shape index (κ3) is 2.65. The van der Waals surface area contributed by atoms with Gasteiger partial charge >= 0.3 is 0 Å². The van der Waals surface area contributed by atoms with E-state index in [1.165, 1.54) is 0 Å². The van der Waals surface area contributed by atoms with Crippen LogP contribution < -0.4 is 4.90 Å². The van der Waals surface area contributed by atoms with Crippen LogP contribution in [0.25, 0.3) is 0 Å². The van der Waals surface area contributed by atoms with Gasteiger partial charge in [0, 0.05) is 37.3 Å². The van der Waals surface area contributed by atoms with Gasteiger partial charge in [-0.05, 0) is 6.54 Å². The number of thiazole rings is 1. The average molecular weight is 243 g/mol. The molecule has 0 radical (unpaired) electrons. The SMILES string of the molecule is CCN1CCN(c2nc(CS)cs2)CC1. The minimum absolute atomic E-state index is 0.741. The summed E-state index contributed by atoms with van der Waals surface area (Å²) in [6, 6.07) is 0. The molecule has 0 N–H and O–H groups in total. The number of rotatable bonds is 3. The van der Waals surface area contributed by atoms with Gasteiger partial charge in [0.1, 0.15) is 0 Å². The van der Waals surface area contributed by atoms with Crippen LogP contribution in [-0.4, -0.2) is 42.6 Å². The first-order valence-corrected chi connectivity index (χ1v) is 6.87. The van der Waals surface area contributed by atoms with Crippen LogP contribution in [0.3, 0.4) is 0 Å². The molecule has 84 valence electrons. The van der Waals surface area contributed by atoms with Gasteiger partial charge in [-0.3, -0.25) is 0 Å². The van der Waals surface area contributed by atoms with Gasteiger partial charge in [-0.1, -0.05) is 6.92 Å². The number of anilines is 1. The van der Waals surface area contributed by atoms with Crippen molar-refractivity contribution in [3.63, 3.8) is 0 Å². The van der Waals surface area contributed by atoms with Gasteiger partial charge < -0.3 is 9.80 Å². The lowest BCUT2D eigenvalue weighted by atomic mass is 10.3. The molecule has 1 aliphatic rings. The highest BCUT2D eigenvalue weighted by Gasteiger charge is 2.17. The van der Waals surface area contributed by atoms with Gasteiger partial charge in [-0.25, -0.2) is 4.98 Å². The predicted octanol–water partition coefficient (Wildman–Crippen LogP) is 1.71. The Morgan fingerprint density at radius 3 is 2.67 bits per heavy atom. The van der Waals surface area contributed by atoms with Crippen molar-refractivity contribution < 1.29 is 0 Å². The first kappa shape index (κ1) is 11.2. The van der Waals surface area contributed by atoms with Crippen LogP contribution in [0.5, 0.6) is 0 Å². The molecule has 0 unspecified atom stereocenters. The summed E-state index contributed by atoms with van der Waals surface area (Å²) >= 11 is 5.97. The largest absolute Gasteiger partial charge is 0.346 e. The molecule has 1 fully saturated rings. The maximum atomic E-state index is 4.55. The lowest BCUT2D eigenvalue weighted by molar-refractivity contribution is 0.271. The van der Waals surface area contributed by atoms with Crippen molar-refractivity contribution in [1.29, 1.82) is 0 Å². The van der Waals surface area contributed by atoms with Crippen molar-refractivity contribution in [2.45, 2.75) is 12.7 Å². The summed E-state index contributed by atoms with van der Waals surface area (Å²) in [4.78, 5) is 9.41. The van der Waals surface area contributed by atoms with E-state index in [1.807, 2.05) is 0 Å². The molecule has 0 aromatic carbocycles. The van der Waals surface area contributed by atoms with Crippen molar-refractivity contribution in [3.05, 3.63) is 11.1 Å². The number of aromatic nitrogens is 1. The highest BCUT2D eigenvalue weighted by molar-refractivity contribution is 7.79. The van der Waals surface area contributed by atoms with Crippen LogP contribution in [0.4, 0.5) is 5.13 Å². The molecule has 1 aromatic heterocycles. The molecule has 3 nitrogen and oxygen atoms in total. The Bertz CT molecular complexity index is 305. The normalized spacial score (nSPS) is 18.4. The molecule has 0 spiro atoms. The molecule has 15 heavy (non-hydrogen) atoms. The van der Waals surface area contributed by atoms with Gasteiger partial charge in [0.2, 0.25) is 0 Å². The fourth-order valence-electron chi connectivity index (χ4n) is 1.77. The van der Waals surface area contributed by atoms with E-state index >= 15 is 0 Å². The molecule has 2 heterocycles. The average Bonchev–Trinajstić information content (AvgIpc) is 2.78. The molecule has 1 aliphatic heterocycles. The van der Waals surface area contributed by atoms with E-state index in [4.69, 9.17) is 0 Å². The predicted molar refractivity (Wildman–Crippen MR) is 69.1 cm³/mol. The standard InChI is InChI=1S/C10H17N3S2/c1-2-12-3-5-13(6-4-12)10-11-9(7-14)8-15-10/h8,14H,2-7H2,1H3. The van der Waals surface area contributed by atoms with E-state index in [1.54, 1.807) is 11.3 Å². The second-order valence-corrected chi connectivity index (χ2v) is 4.85. The zero-order chi connectivity index (χ0) is 10.7. The summed E-state index contributed by atoms with van der Waals surface area (Å²) in [7, 11) is 0. The Labute approximate surface area is 101 Å². The van der Waals surface area contributed by atoms with Gasteiger partial charge in [0.05, 0.1) is 5.69 Å².